The molecular weight excluding hydrogens is 342 g/mol. The monoisotopic (exact) mass is 365 g/mol. The molecule has 5 heteroatoms. The average Bonchev–Trinajstić information content (AvgIpc) is 2.74. The van der Waals surface area contributed by atoms with E-state index in [1.165, 1.54) is 0 Å². The van der Waals surface area contributed by atoms with Crippen molar-refractivity contribution in [2.45, 2.75) is 0 Å². The molecule has 140 valence electrons. The van der Waals surface area contributed by atoms with Crippen molar-refractivity contribution in [3.05, 3.63) is 66.7 Å². The van der Waals surface area contributed by atoms with Gasteiger partial charge in [-0.1, -0.05) is 0 Å². The highest BCUT2D eigenvalue weighted by Gasteiger charge is 2.18. The molecule has 0 unspecified atom stereocenters. The van der Waals surface area contributed by atoms with Gasteiger partial charge in [0.15, 0.2) is 0 Å². The molecule has 0 aromatic heterocycles. The van der Waals surface area contributed by atoms with Crippen molar-refractivity contribution in [2.24, 2.45) is 0 Å². The van der Waals surface area contributed by atoms with Gasteiger partial charge in [-0.3, -0.25) is 0 Å². The minimum absolute atomic E-state index is 0.738. The molecule has 0 heterocycles. The summed E-state index contributed by atoms with van der Waals surface area (Å²) in [4.78, 5) is 2.10. The van der Waals surface area contributed by atoms with Crippen molar-refractivity contribution in [3.63, 3.8) is 0 Å². The van der Waals surface area contributed by atoms with E-state index in [0.717, 1.165) is 40.1 Å². The third kappa shape index (κ3) is 3.92. The van der Waals surface area contributed by atoms with Crippen LogP contribution in [0, 0.1) is 0 Å². The van der Waals surface area contributed by atoms with Crippen LogP contribution in [0.5, 0.6) is 23.0 Å². The van der Waals surface area contributed by atoms with E-state index in [9.17, 15) is 0 Å². The largest absolute Gasteiger partial charge is 0.497 e. The Morgan fingerprint density at radius 3 is 1.37 bits per heavy atom. The predicted octanol–water partition coefficient (Wildman–Crippen LogP) is 5.19. The second-order valence-electron chi connectivity index (χ2n) is 5.77. The van der Waals surface area contributed by atoms with Crippen LogP contribution in [0.15, 0.2) is 66.7 Å². The second kappa shape index (κ2) is 8.36. The summed E-state index contributed by atoms with van der Waals surface area (Å²) in [5, 5.41) is 0. The topological polar surface area (TPSA) is 40.2 Å². The van der Waals surface area contributed by atoms with Crippen LogP contribution in [-0.4, -0.2) is 28.4 Å². The van der Waals surface area contributed by atoms with Gasteiger partial charge in [0.05, 0.1) is 34.1 Å². The number of anilines is 3. The summed E-state index contributed by atoms with van der Waals surface area (Å²) in [5.41, 5.74) is 2.80. The maximum atomic E-state index is 5.61. The highest BCUT2D eigenvalue weighted by atomic mass is 16.5. The molecule has 3 aromatic carbocycles. The van der Waals surface area contributed by atoms with E-state index in [0.29, 0.717) is 0 Å². The standard InChI is InChI=1S/C22H23NO4/c1-24-18-9-5-16(6-10-18)23(17-7-11-19(25-2)12-8-17)21-15-20(26-3)13-14-22(21)27-4/h5-15H,1-4H3. The smallest absolute Gasteiger partial charge is 0.143 e. The van der Waals surface area contributed by atoms with Crippen molar-refractivity contribution in [1.29, 1.82) is 0 Å². The Morgan fingerprint density at radius 2 is 0.963 bits per heavy atom. The molecule has 0 aliphatic carbocycles. The molecule has 0 radical (unpaired) electrons. The summed E-state index contributed by atoms with van der Waals surface area (Å²) in [6.45, 7) is 0. The fourth-order valence-corrected chi connectivity index (χ4v) is 2.86. The van der Waals surface area contributed by atoms with Crippen LogP contribution >= 0.6 is 0 Å². The zero-order chi connectivity index (χ0) is 19.2. The van der Waals surface area contributed by atoms with Gasteiger partial charge in [-0.15, -0.1) is 0 Å². The molecule has 27 heavy (non-hydrogen) atoms. The van der Waals surface area contributed by atoms with Gasteiger partial charge >= 0.3 is 0 Å². The molecule has 0 N–H and O–H groups in total. The third-order valence-electron chi connectivity index (χ3n) is 4.29. The number of benzene rings is 3. The molecule has 0 saturated heterocycles. The molecule has 0 saturated carbocycles. The zero-order valence-electron chi connectivity index (χ0n) is 15.9. The number of nitrogens with zero attached hydrogens (tertiary/aromatic N) is 1. The van der Waals surface area contributed by atoms with E-state index in [4.69, 9.17) is 18.9 Å². The average molecular weight is 365 g/mol. The van der Waals surface area contributed by atoms with Gasteiger partial charge in [-0.2, -0.15) is 0 Å². The highest BCUT2D eigenvalue weighted by molar-refractivity contribution is 5.81. The number of hydrogen-bond acceptors (Lipinski definition) is 5. The molecule has 0 bridgehead atoms. The van der Waals surface area contributed by atoms with E-state index >= 15 is 0 Å². The Bertz CT molecular complexity index is 828. The Morgan fingerprint density at radius 1 is 0.519 bits per heavy atom. The predicted molar refractivity (Wildman–Crippen MR) is 107 cm³/mol. The molecule has 0 atom stereocenters. The minimum Gasteiger partial charge on any atom is -0.497 e. The van der Waals surface area contributed by atoms with Crippen molar-refractivity contribution < 1.29 is 18.9 Å². The van der Waals surface area contributed by atoms with E-state index < -0.39 is 0 Å². The summed E-state index contributed by atoms with van der Waals surface area (Å²) >= 11 is 0. The second-order valence-corrected chi connectivity index (χ2v) is 5.77. The highest BCUT2D eigenvalue weighted by Crippen LogP contribution is 2.42. The van der Waals surface area contributed by atoms with Crippen LogP contribution in [-0.2, 0) is 0 Å². The molecule has 5 nitrogen and oxygen atoms in total. The van der Waals surface area contributed by atoms with Crippen LogP contribution in [0.3, 0.4) is 0 Å². The zero-order valence-corrected chi connectivity index (χ0v) is 15.9. The first kappa shape index (κ1) is 18.5. The number of hydrogen-bond donors (Lipinski definition) is 0. The normalized spacial score (nSPS) is 10.2. The number of methoxy groups -OCH3 is 4. The van der Waals surface area contributed by atoms with Gasteiger partial charge in [0.2, 0.25) is 0 Å². The van der Waals surface area contributed by atoms with Crippen LogP contribution in [0.4, 0.5) is 17.1 Å². The maximum Gasteiger partial charge on any atom is 0.143 e. The van der Waals surface area contributed by atoms with Crippen molar-refractivity contribution in [1.82, 2.24) is 0 Å². The molecule has 0 aliphatic heterocycles. The van der Waals surface area contributed by atoms with E-state index in [1.54, 1.807) is 28.4 Å². The molecule has 0 fully saturated rings. The fourth-order valence-electron chi connectivity index (χ4n) is 2.86. The van der Waals surface area contributed by atoms with Crippen LogP contribution in [0.1, 0.15) is 0 Å². The summed E-state index contributed by atoms with van der Waals surface area (Å²) < 4.78 is 21.6. The number of ether oxygens (including phenoxy) is 4. The van der Waals surface area contributed by atoms with Gasteiger partial charge in [0, 0.05) is 17.4 Å². The van der Waals surface area contributed by atoms with Gasteiger partial charge < -0.3 is 23.8 Å². The lowest BCUT2D eigenvalue weighted by molar-refractivity contribution is 0.404. The third-order valence-corrected chi connectivity index (χ3v) is 4.29. The van der Waals surface area contributed by atoms with Crippen LogP contribution in [0.25, 0.3) is 0 Å². The lowest BCUT2D eigenvalue weighted by atomic mass is 10.1. The summed E-state index contributed by atoms with van der Waals surface area (Å²) in [7, 11) is 6.62. The first-order valence-corrected chi connectivity index (χ1v) is 8.50. The number of rotatable bonds is 7. The maximum absolute atomic E-state index is 5.61. The van der Waals surface area contributed by atoms with E-state index in [2.05, 4.69) is 4.90 Å². The Kier molecular flexibility index (Phi) is 5.71. The summed E-state index contributed by atoms with van der Waals surface area (Å²) in [6.07, 6.45) is 0. The molecule has 0 spiro atoms. The SMILES string of the molecule is COc1ccc(N(c2ccc(OC)cc2)c2cc(OC)ccc2OC)cc1. The van der Waals surface area contributed by atoms with Gasteiger partial charge in [-0.25, -0.2) is 0 Å². The van der Waals surface area contributed by atoms with Crippen LogP contribution in [0.2, 0.25) is 0 Å². The van der Waals surface area contributed by atoms with Crippen molar-refractivity contribution in [2.75, 3.05) is 33.3 Å². The Balaban J connectivity index is 2.17. The fraction of sp³-hybridized carbons (Fsp3) is 0.182. The van der Waals surface area contributed by atoms with Crippen molar-refractivity contribution in [3.8, 4) is 23.0 Å². The lowest BCUT2D eigenvalue weighted by Gasteiger charge is -2.27. The quantitative estimate of drug-likeness (QED) is 0.576. The Hall–Kier alpha value is -3.34. The van der Waals surface area contributed by atoms with Gasteiger partial charge in [-0.05, 0) is 60.7 Å². The van der Waals surface area contributed by atoms with Gasteiger partial charge in [0.25, 0.3) is 0 Å². The minimum atomic E-state index is 0.738. The van der Waals surface area contributed by atoms with Gasteiger partial charge in [0.1, 0.15) is 23.0 Å². The first-order valence-electron chi connectivity index (χ1n) is 8.50. The molecular formula is C22H23NO4. The molecule has 3 rings (SSSR count). The first-order chi connectivity index (χ1) is 13.2. The van der Waals surface area contributed by atoms with Crippen LogP contribution < -0.4 is 23.8 Å². The summed E-state index contributed by atoms with van der Waals surface area (Å²) in [5.74, 6) is 3.08. The molecule has 0 aliphatic rings. The molecule has 3 aromatic rings. The Labute approximate surface area is 159 Å². The van der Waals surface area contributed by atoms with E-state index in [1.807, 2.05) is 66.7 Å². The molecule has 0 amide bonds. The van der Waals surface area contributed by atoms with Crippen molar-refractivity contribution >= 4 is 17.1 Å². The van der Waals surface area contributed by atoms with E-state index in [-0.39, 0.29) is 0 Å². The lowest BCUT2D eigenvalue weighted by Crippen LogP contribution is -2.11. The summed E-state index contributed by atoms with van der Waals surface area (Å²) in [6, 6.07) is 21.5.